The van der Waals surface area contributed by atoms with Crippen molar-refractivity contribution in [2.24, 2.45) is 47.0 Å². The average molecular weight is 1270 g/mol. The van der Waals surface area contributed by atoms with E-state index >= 15 is 0 Å². The Balaban J connectivity index is 3.44. The highest BCUT2D eigenvalue weighted by atomic mass is 16.4. The highest BCUT2D eigenvalue weighted by molar-refractivity contribution is 6.01. The summed E-state index contributed by atoms with van der Waals surface area (Å²) in [5, 5.41) is 79.4. The second-order valence-electron chi connectivity index (χ2n) is 23.0. The molecule has 0 aromatic heterocycles. The molecule has 0 aliphatic carbocycles. The Hall–Kier alpha value is -8.59. The Bertz CT molecular complexity index is 2610. The van der Waals surface area contributed by atoms with E-state index in [4.69, 9.17) is 11.5 Å². The summed E-state index contributed by atoms with van der Waals surface area (Å²) in [6.45, 7) is 14.1. The van der Waals surface area contributed by atoms with E-state index in [1.54, 1.807) is 13.0 Å². The van der Waals surface area contributed by atoms with Gasteiger partial charge in [-0.25, -0.2) is 9.59 Å². The van der Waals surface area contributed by atoms with Crippen LogP contribution in [0.1, 0.15) is 114 Å². The average Bonchev–Trinajstić information content (AvgIpc) is 2.19. The number of nitrogens with one attached hydrogen (secondary N) is 9. The molecule has 1 aliphatic rings. The molecule has 0 radical (unpaired) electrons. The maximum atomic E-state index is 14.1. The van der Waals surface area contributed by atoms with E-state index in [2.05, 4.69) is 31.9 Å². The van der Waals surface area contributed by atoms with E-state index in [9.17, 15) is 103 Å². The Morgan fingerprint density at radius 3 is 1.54 bits per heavy atom. The Kier molecular flexibility index (Phi) is 33.4. The van der Waals surface area contributed by atoms with Gasteiger partial charge < -0.3 is 94.9 Å². The smallest absolute Gasteiger partial charge is 0.335 e. The molecule has 19 N–H and O–H groups in total. The number of nitrogens with zero attached hydrogens (tertiary/aromatic N) is 1. The zero-order valence-corrected chi connectivity index (χ0v) is 51.6. The van der Waals surface area contributed by atoms with Crippen LogP contribution in [0.15, 0.2) is 24.3 Å². The zero-order valence-electron chi connectivity index (χ0n) is 51.6. The molecule has 4 unspecified atom stereocenters. The van der Waals surface area contributed by atoms with Crippen molar-refractivity contribution in [2.45, 2.75) is 181 Å². The molecule has 1 aliphatic heterocycles. The van der Waals surface area contributed by atoms with E-state index in [1.165, 1.54) is 40.7 Å². The molecule has 1 saturated heterocycles. The van der Waals surface area contributed by atoms with Gasteiger partial charge in [-0.2, -0.15) is 0 Å². The van der Waals surface area contributed by atoms with Gasteiger partial charge in [0.15, 0.2) is 6.10 Å². The van der Waals surface area contributed by atoms with E-state index in [0.29, 0.717) is 5.92 Å². The van der Waals surface area contributed by atoms with Crippen LogP contribution in [0.4, 0.5) is 0 Å². The monoisotopic (exact) mass is 1270 g/mol. The molecular weight excluding hydrogens is 1180 g/mol. The molecule has 1 fully saturated rings. The van der Waals surface area contributed by atoms with Gasteiger partial charge in [-0.1, -0.05) is 66.7 Å². The molecule has 500 valence electrons. The van der Waals surface area contributed by atoms with Gasteiger partial charge in [0.2, 0.25) is 59.1 Å². The summed E-state index contributed by atoms with van der Waals surface area (Å²) in [4.78, 5) is 198. The van der Waals surface area contributed by atoms with Crippen molar-refractivity contribution in [2.75, 3.05) is 19.6 Å². The number of carboxylic acids is 5. The van der Waals surface area contributed by atoms with Gasteiger partial charge in [0.05, 0.1) is 24.8 Å². The predicted octanol–water partition coefficient (Wildman–Crippen LogP) is -4.00. The number of carboxylic acid groups (broad SMARTS) is 5. The van der Waals surface area contributed by atoms with Gasteiger partial charge in [0.25, 0.3) is 0 Å². The largest absolute Gasteiger partial charge is 0.481 e. The standard InChI is InChI=1S/C56H90N12O21/c1-25(2)17-13-11-12-14-19-35(69)62-40(29(8)53(82)83)49(78)66-42(31(10)58)50(79)64-38(26(3)4)47(76)60-32(18-15-16-20-57)46(75)67-43(44(73)56(88)89)51(80)61-33(22-37(71)72)45(74)59-23-36(70)63-41(30(9)54(84)85)48(77)65-39(27(5)6)52(81)68-24-28(7)21-34(68)55(86)87/h11-12,14,19,25-34,38-44,73H,13,15-18,20-24,57-58H2,1-10H3,(H,59,74)(H,60,76)(H,61,80)(H,62,69)(H,63,70)(H,64,79)(H,65,77)(H,66,78)(H,67,75)(H,71,72)(H,82,83)(H,84,85)(H,86,87)(H,88,89)/b12-11-,19-14+/t28-,29?,30?,31?,32+,33+,34+,38-,39+,40+,41-,42+,43+,44?/m1/s1. The van der Waals surface area contributed by atoms with E-state index < -0.39 is 192 Å². The number of hydrogen-bond acceptors (Lipinski definition) is 18. The van der Waals surface area contributed by atoms with Gasteiger partial charge in [-0.3, -0.25) is 62.3 Å². The molecule has 0 aromatic carbocycles. The highest BCUT2D eigenvalue weighted by Gasteiger charge is 2.44. The molecule has 89 heavy (non-hydrogen) atoms. The van der Waals surface area contributed by atoms with Gasteiger partial charge in [0.1, 0.15) is 54.4 Å². The molecule has 1 rings (SSSR count). The first-order valence-electron chi connectivity index (χ1n) is 29.0. The van der Waals surface area contributed by atoms with Crippen molar-refractivity contribution >= 4 is 88.9 Å². The summed E-state index contributed by atoms with van der Waals surface area (Å²) < 4.78 is 0. The van der Waals surface area contributed by atoms with Crippen molar-refractivity contribution < 1.29 is 103 Å². The quantitative estimate of drug-likeness (QED) is 0.0158. The van der Waals surface area contributed by atoms with E-state index in [0.717, 1.165) is 37.7 Å². The summed E-state index contributed by atoms with van der Waals surface area (Å²) in [5.74, 6) is -24.9. The van der Waals surface area contributed by atoms with Crippen molar-refractivity contribution in [1.82, 2.24) is 52.8 Å². The van der Waals surface area contributed by atoms with Crippen LogP contribution in [0.3, 0.4) is 0 Å². The van der Waals surface area contributed by atoms with Crippen LogP contribution in [0, 0.1) is 35.5 Å². The minimum absolute atomic E-state index is 0.0335. The molecule has 1 heterocycles. The van der Waals surface area contributed by atoms with Crippen LogP contribution >= 0.6 is 0 Å². The number of carbonyl (C=O) groups is 15. The van der Waals surface area contributed by atoms with E-state index in [1.807, 2.05) is 35.9 Å². The van der Waals surface area contributed by atoms with Gasteiger partial charge >= 0.3 is 29.8 Å². The molecule has 33 nitrogen and oxygen atoms in total. The van der Waals surface area contributed by atoms with Crippen molar-refractivity contribution in [3.8, 4) is 0 Å². The zero-order chi connectivity index (χ0) is 68.3. The number of carbonyl (C=O) groups excluding carboxylic acids is 10. The lowest BCUT2D eigenvalue weighted by atomic mass is 9.98. The molecule has 10 amide bonds. The number of nitrogens with two attached hydrogens (primary N) is 2. The molecular formula is C56H90N12O21. The van der Waals surface area contributed by atoms with E-state index in [-0.39, 0.29) is 44.7 Å². The van der Waals surface area contributed by atoms with Crippen LogP contribution < -0.4 is 59.3 Å². The minimum atomic E-state index is -2.85. The molecule has 33 heteroatoms. The minimum Gasteiger partial charge on any atom is -0.481 e. The Morgan fingerprint density at radius 1 is 0.551 bits per heavy atom. The number of likely N-dealkylation sites (tertiary alicyclic amines) is 1. The predicted molar refractivity (Wildman–Crippen MR) is 313 cm³/mol. The lowest BCUT2D eigenvalue weighted by Crippen LogP contribution is -2.64. The highest BCUT2D eigenvalue weighted by Crippen LogP contribution is 2.25. The third-order valence-corrected chi connectivity index (χ3v) is 14.2. The maximum absolute atomic E-state index is 14.1. The second kappa shape index (κ2) is 38.0. The van der Waals surface area contributed by atoms with Crippen LogP contribution in [-0.4, -0.2) is 211 Å². The summed E-state index contributed by atoms with van der Waals surface area (Å²) in [7, 11) is 0. The summed E-state index contributed by atoms with van der Waals surface area (Å²) >= 11 is 0. The molecule has 0 aromatic rings. The van der Waals surface area contributed by atoms with Crippen molar-refractivity contribution in [3.63, 3.8) is 0 Å². The molecule has 0 saturated carbocycles. The maximum Gasteiger partial charge on any atom is 0.335 e. The van der Waals surface area contributed by atoms with Crippen LogP contribution in [0.5, 0.6) is 0 Å². The van der Waals surface area contributed by atoms with Crippen molar-refractivity contribution in [1.29, 1.82) is 0 Å². The Morgan fingerprint density at radius 2 is 1.04 bits per heavy atom. The first kappa shape index (κ1) is 78.4. The van der Waals surface area contributed by atoms with Crippen LogP contribution in [0.2, 0.25) is 0 Å². The number of amides is 10. The lowest BCUT2D eigenvalue weighted by Gasteiger charge is -2.31. The fourth-order valence-corrected chi connectivity index (χ4v) is 8.85. The van der Waals surface area contributed by atoms with Crippen LogP contribution in [-0.2, 0) is 71.9 Å². The summed E-state index contributed by atoms with van der Waals surface area (Å²) in [5.41, 5.74) is 11.8. The molecule has 0 bridgehead atoms. The number of aliphatic hydroxyl groups is 1. The third-order valence-electron chi connectivity index (χ3n) is 14.2. The lowest BCUT2D eigenvalue weighted by molar-refractivity contribution is -0.153. The summed E-state index contributed by atoms with van der Waals surface area (Å²) in [6.07, 6.45) is 3.44. The first-order chi connectivity index (χ1) is 41.4. The third kappa shape index (κ3) is 26.3. The number of rotatable bonds is 39. The fourth-order valence-electron chi connectivity index (χ4n) is 8.85. The van der Waals surface area contributed by atoms with Gasteiger partial charge in [0, 0.05) is 18.7 Å². The second-order valence-corrected chi connectivity index (χ2v) is 23.0. The first-order valence-corrected chi connectivity index (χ1v) is 29.0. The van der Waals surface area contributed by atoms with Gasteiger partial charge in [-0.15, -0.1) is 0 Å². The number of hydrogen-bond donors (Lipinski definition) is 17. The Labute approximate surface area is 514 Å². The topological polar surface area (TPSA) is 541 Å². The fraction of sp³-hybridized carbons (Fsp3) is 0.661. The SMILES string of the molecule is CC(C)CC/C=C\C=C\C(=O)N[C@H](C(=O)N[C@H](C(=O)N[C@@H](C(=O)N[C@@H](CCCCN)C(=O)N[C@H](C(=O)N[C@@H](CC(=O)O)C(=O)NCC(=O)N[C@@H](C(=O)N[C@H](C(=O)N1C[C@H](C)C[C@H]1C(=O)O)C(C)C)C(C)C(=O)O)C(O)C(=O)O)C(C)C)C(C)N)C(C)C(=O)O. The number of allylic oxidation sites excluding steroid dienone is 3. The molecule has 14 atom stereocenters. The number of aliphatic hydroxyl groups excluding tert-OH is 1. The number of aliphatic carboxylic acids is 5. The van der Waals surface area contributed by atoms with Crippen LogP contribution in [0.25, 0.3) is 0 Å². The summed E-state index contributed by atoms with van der Waals surface area (Å²) in [6, 6.07) is -17.4. The van der Waals surface area contributed by atoms with Crippen molar-refractivity contribution in [3.05, 3.63) is 24.3 Å². The molecule has 0 spiro atoms. The normalized spacial score (nSPS) is 18.1. The number of unbranched alkanes of at least 4 members (excludes halogenated alkanes) is 1. The van der Waals surface area contributed by atoms with Gasteiger partial charge in [-0.05, 0) is 89.5 Å².